The first-order chi connectivity index (χ1) is 13.1. The summed E-state index contributed by atoms with van der Waals surface area (Å²) >= 11 is 0. The molecule has 0 bridgehead atoms. The summed E-state index contributed by atoms with van der Waals surface area (Å²) in [5.74, 6) is -0.157. The topological polar surface area (TPSA) is 75.9 Å². The maximum Gasteiger partial charge on any atom is 0.273 e. The van der Waals surface area contributed by atoms with Crippen LogP contribution in [0.25, 0.3) is 10.9 Å². The minimum atomic E-state index is -0.157. The van der Waals surface area contributed by atoms with Gasteiger partial charge in [0.15, 0.2) is 0 Å². The van der Waals surface area contributed by atoms with Crippen LogP contribution >= 0.6 is 0 Å². The van der Waals surface area contributed by atoms with E-state index in [2.05, 4.69) is 63.9 Å². The largest absolute Gasteiger partial charge is 0.343 e. The van der Waals surface area contributed by atoms with Gasteiger partial charge in [-0.05, 0) is 38.5 Å². The van der Waals surface area contributed by atoms with Gasteiger partial charge in [-0.3, -0.25) is 9.48 Å². The molecule has 142 valence electrons. The molecule has 1 aliphatic heterocycles. The number of carbonyl (C=O) groups excluding carboxylic acids is 1. The number of para-hydroxylation sites is 1. The Morgan fingerprint density at radius 3 is 2.78 bits per heavy atom. The molecule has 0 spiro atoms. The Kier molecular flexibility index (Phi) is 4.72. The summed E-state index contributed by atoms with van der Waals surface area (Å²) in [7, 11) is 0. The number of carbonyl (C=O) groups is 1. The van der Waals surface area contributed by atoms with Gasteiger partial charge in [-0.1, -0.05) is 18.2 Å². The molecule has 0 saturated carbocycles. The van der Waals surface area contributed by atoms with Gasteiger partial charge >= 0.3 is 0 Å². The molecular weight excluding hydrogens is 340 g/mol. The number of benzene rings is 1. The molecule has 2 atom stereocenters. The first-order valence-electron chi connectivity index (χ1n) is 9.55. The smallest absolute Gasteiger partial charge is 0.273 e. The molecule has 1 saturated heterocycles. The van der Waals surface area contributed by atoms with Crippen LogP contribution in [0.3, 0.4) is 0 Å². The molecule has 3 N–H and O–H groups in total. The predicted octanol–water partition coefficient (Wildman–Crippen LogP) is 2.48. The predicted molar refractivity (Wildman–Crippen MR) is 105 cm³/mol. The number of amides is 1. The Morgan fingerprint density at radius 2 is 2.04 bits per heavy atom. The van der Waals surface area contributed by atoms with E-state index in [1.54, 1.807) is 10.7 Å². The van der Waals surface area contributed by atoms with E-state index in [1.807, 2.05) is 13.1 Å². The number of aromatic nitrogens is 3. The third kappa shape index (κ3) is 3.13. The molecule has 7 nitrogen and oxygen atoms in total. The SMILES string of the molecule is CCn1ccc(C(=O)NC2CC(c3c(C)c4ccccc4n3CC)NN2)n1. The quantitative estimate of drug-likeness (QED) is 0.648. The molecule has 0 aliphatic carbocycles. The number of hydrogen-bond donors (Lipinski definition) is 3. The van der Waals surface area contributed by atoms with Crippen LogP contribution in [0.15, 0.2) is 36.5 Å². The summed E-state index contributed by atoms with van der Waals surface area (Å²) < 4.78 is 4.11. The molecule has 1 aromatic carbocycles. The van der Waals surface area contributed by atoms with Crippen LogP contribution in [0.1, 0.15) is 48.1 Å². The summed E-state index contributed by atoms with van der Waals surface area (Å²) in [5.41, 5.74) is 10.9. The Bertz CT molecular complexity index is 972. The molecule has 1 aliphatic rings. The number of nitrogens with zero attached hydrogens (tertiary/aromatic N) is 3. The van der Waals surface area contributed by atoms with Gasteiger partial charge in [-0.25, -0.2) is 10.9 Å². The Balaban J connectivity index is 1.52. The lowest BCUT2D eigenvalue weighted by molar-refractivity contribution is 0.0926. The van der Waals surface area contributed by atoms with Crippen LogP contribution in [0.4, 0.5) is 0 Å². The van der Waals surface area contributed by atoms with Crippen molar-refractivity contribution < 1.29 is 4.79 Å². The van der Waals surface area contributed by atoms with Crippen molar-refractivity contribution in [2.24, 2.45) is 0 Å². The van der Waals surface area contributed by atoms with Gasteiger partial charge < -0.3 is 9.88 Å². The Hall–Kier alpha value is -2.64. The van der Waals surface area contributed by atoms with E-state index in [0.29, 0.717) is 5.69 Å². The normalized spacial score (nSPS) is 19.7. The van der Waals surface area contributed by atoms with E-state index >= 15 is 0 Å². The molecular formula is C20H26N6O. The van der Waals surface area contributed by atoms with Crippen molar-refractivity contribution in [3.8, 4) is 0 Å². The van der Waals surface area contributed by atoms with Crippen molar-refractivity contribution in [3.63, 3.8) is 0 Å². The summed E-state index contributed by atoms with van der Waals surface area (Å²) in [6, 6.07) is 10.4. The Morgan fingerprint density at radius 1 is 1.22 bits per heavy atom. The molecule has 1 fully saturated rings. The van der Waals surface area contributed by atoms with Crippen molar-refractivity contribution in [3.05, 3.63) is 53.5 Å². The average Bonchev–Trinajstić information content (AvgIpc) is 3.40. The van der Waals surface area contributed by atoms with Gasteiger partial charge in [0.1, 0.15) is 5.69 Å². The lowest BCUT2D eigenvalue weighted by Crippen LogP contribution is -2.44. The first kappa shape index (κ1) is 17.8. The molecule has 4 rings (SSSR count). The van der Waals surface area contributed by atoms with Crippen molar-refractivity contribution in [1.29, 1.82) is 0 Å². The summed E-state index contributed by atoms with van der Waals surface area (Å²) in [6.07, 6.45) is 2.45. The fourth-order valence-corrected chi connectivity index (χ4v) is 4.01. The monoisotopic (exact) mass is 366 g/mol. The van der Waals surface area contributed by atoms with E-state index < -0.39 is 0 Å². The third-order valence-electron chi connectivity index (χ3n) is 5.33. The van der Waals surface area contributed by atoms with Crippen molar-refractivity contribution in [2.75, 3.05) is 0 Å². The standard InChI is InChI=1S/C20H26N6O/c1-4-25-11-10-15(24-25)20(27)21-18-12-16(22-23-18)19-13(3)14-8-6-7-9-17(14)26(19)5-2/h6-11,16,18,22-23H,4-5,12H2,1-3H3,(H,21,27). The van der Waals surface area contributed by atoms with Crippen LogP contribution in [0, 0.1) is 6.92 Å². The van der Waals surface area contributed by atoms with Gasteiger partial charge in [0, 0.05) is 42.3 Å². The highest BCUT2D eigenvalue weighted by molar-refractivity contribution is 5.92. The van der Waals surface area contributed by atoms with Crippen LogP contribution in [-0.2, 0) is 13.1 Å². The molecule has 3 heterocycles. The van der Waals surface area contributed by atoms with E-state index in [-0.39, 0.29) is 18.1 Å². The van der Waals surface area contributed by atoms with Gasteiger partial charge in [-0.15, -0.1) is 0 Å². The number of rotatable bonds is 5. The average molecular weight is 366 g/mol. The molecule has 3 aromatic rings. The van der Waals surface area contributed by atoms with Crippen LogP contribution < -0.4 is 16.2 Å². The van der Waals surface area contributed by atoms with Crippen molar-refractivity contribution in [2.45, 2.75) is 52.5 Å². The second kappa shape index (κ2) is 7.17. The van der Waals surface area contributed by atoms with Crippen molar-refractivity contribution in [1.82, 2.24) is 30.5 Å². The highest BCUT2D eigenvalue weighted by Crippen LogP contribution is 2.32. The molecule has 2 aromatic heterocycles. The number of hydrogen-bond acceptors (Lipinski definition) is 4. The summed E-state index contributed by atoms with van der Waals surface area (Å²) in [6.45, 7) is 8.00. The highest BCUT2D eigenvalue weighted by atomic mass is 16.2. The number of aryl methyl sites for hydroxylation is 3. The number of hydrazine groups is 1. The van der Waals surface area contributed by atoms with Crippen LogP contribution in [-0.4, -0.2) is 26.4 Å². The maximum atomic E-state index is 12.4. The lowest BCUT2D eigenvalue weighted by Gasteiger charge is -2.15. The first-order valence-corrected chi connectivity index (χ1v) is 9.55. The molecule has 27 heavy (non-hydrogen) atoms. The van der Waals surface area contributed by atoms with E-state index in [9.17, 15) is 4.79 Å². The summed E-state index contributed by atoms with van der Waals surface area (Å²) in [5, 5.41) is 8.58. The molecule has 2 unspecified atom stereocenters. The van der Waals surface area contributed by atoms with Crippen molar-refractivity contribution >= 4 is 16.8 Å². The Labute approximate surface area is 158 Å². The zero-order chi connectivity index (χ0) is 19.0. The van der Waals surface area contributed by atoms with Gasteiger partial charge in [0.05, 0.1) is 12.2 Å². The summed E-state index contributed by atoms with van der Waals surface area (Å²) in [4.78, 5) is 12.4. The van der Waals surface area contributed by atoms with Gasteiger partial charge in [0.2, 0.25) is 0 Å². The van der Waals surface area contributed by atoms with E-state index in [4.69, 9.17) is 0 Å². The fourth-order valence-electron chi connectivity index (χ4n) is 4.01. The van der Waals surface area contributed by atoms with Crippen LogP contribution in [0.5, 0.6) is 0 Å². The lowest BCUT2D eigenvalue weighted by atomic mass is 10.1. The van der Waals surface area contributed by atoms with E-state index in [1.165, 1.54) is 22.2 Å². The number of fused-ring (bicyclic) bond motifs is 1. The molecule has 1 amide bonds. The van der Waals surface area contributed by atoms with E-state index in [0.717, 1.165) is 19.5 Å². The molecule has 0 radical (unpaired) electrons. The second-order valence-corrected chi connectivity index (χ2v) is 6.93. The second-order valence-electron chi connectivity index (χ2n) is 6.93. The fraction of sp³-hybridized carbons (Fsp3) is 0.400. The van der Waals surface area contributed by atoms with Gasteiger partial charge in [0.25, 0.3) is 5.91 Å². The molecule has 7 heteroatoms. The maximum absolute atomic E-state index is 12.4. The number of nitrogens with one attached hydrogen (secondary N) is 3. The van der Waals surface area contributed by atoms with Crippen LogP contribution in [0.2, 0.25) is 0 Å². The zero-order valence-electron chi connectivity index (χ0n) is 16.0. The highest BCUT2D eigenvalue weighted by Gasteiger charge is 2.30. The van der Waals surface area contributed by atoms with Gasteiger partial charge in [-0.2, -0.15) is 5.10 Å². The minimum Gasteiger partial charge on any atom is -0.343 e. The zero-order valence-corrected chi connectivity index (χ0v) is 16.0. The third-order valence-corrected chi connectivity index (χ3v) is 5.33. The minimum absolute atomic E-state index is 0.135.